The van der Waals surface area contributed by atoms with Crippen LogP contribution in [-0.2, 0) is 0 Å². The van der Waals surface area contributed by atoms with Crippen molar-refractivity contribution in [3.8, 4) is 0 Å². The number of allylic oxidation sites excluding steroid dienone is 1. The molecule has 2 N–H and O–H groups in total. The lowest BCUT2D eigenvalue weighted by Crippen LogP contribution is -1.91. The van der Waals surface area contributed by atoms with E-state index in [1.165, 1.54) is 5.56 Å². The second kappa shape index (κ2) is 3.23. The van der Waals surface area contributed by atoms with Crippen LogP contribution in [0.15, 0.2) is 35.7 Å². The number of anilines is 1. The molecule has 62 valence electrons. The van der Waals surface area contributed by atoms with E-state index in [0.717, 1.165) is 12.1 Å². The first-order valence-electron chi connectivity index (χ1n) is 4.02. The maximum Gasteiger partial charge on any atom is 0.0373 e. The molecule has 1 unspecified atom stereocenters. The van der Waals surface area contributed by atoms with Crippen molar-refractivity contribution in [3.05, 3.63) is 41.3 Å². The van der Waals surface area contributed by atoms with Gasteiger partial charge in [0.25, 0.3) is 0 Å². The average molecular weight is 177 g/mol. The fraction of sp³-hybridized carbons (Fsp3) is 0.200. The molecule has 1 heterocycles. The summed E-state index contributed by atoms with van der Waals surface area (Å²) in [4.78, 5) is 0. The molecule has 0 bridgehead atoms. The van der Waals surface area contributed by atoms with Gasteiger partial charge in [-0.15, -0.1) is 11.8 Å². The number of hydrogen-bond donors (Lipinski definition) is 1. The maximum atomic E-state index is 5.70. The topological polar surface area (TPSA) is 26.0 Å². The van der Waals surface area contributed by atoms with Crippen molar-refractivity contribution < 1.29 is 0 Å². The molecule has 0 saturated carbocycles. The Kier molecular flexibility index (Phi) is 2.09. The molecule has 1 aliphatic heterocycles. The Balaban J connectivity index is 2.22. The second-order valence-corrected chi connectivity index (χ2v) is 4.02. The van der Waals surface area contributed by atoms with E-state index in [1.807, 2.05) is 23.9 Å². The van der Waals surface area contributed by atoms with Gasteiger partial charge < -0.3 is 5.73 Å². The van der Waals surface area contributed by atoms with Crippen LogP contribution >= 0.6 is 11.8 Å². The third-order valence-corrected chi connectivity index (χ3v) is 3.11. The molecule has 1 aliphatic rings. The predicted molar refractivity (Wildman–Crippen MR) is 54.9 cm³/mol. The molecule has 1 aromatic rings. The van der Waals surface area contributed by atoms with E-state index in [9.17, 15) is 0 Å². The highest BCUT2D eigenvalue weighted by Crippen LogP contribution is 2.38. The van der Waals surface area contributed by atoms with Gasteiger partial charge in [-0.25, -0.2) is 0 Å². The van der Waals surface area contributed by atoms with Gasteiger partial charge in [0.1, 0.15) is 0 Å². The van der Waals surface area contributed by atoms with Gasteiger partial charge in [0.05, 0.1) is 0 Å². The van der Waals surface area contributed by atoms with E-state index in [-0.39, 0.29) is 0 Å². The number of thioether (sulfide) groups is 1. The summed E-state index contributed by atoms with van der Waals surface area (Å²) < 4.78 is 0. The van der Waals surface area contributed by atoms with Gasteiger partial charge in [-0.2, -0.15) is 0 Å². The van der Waals surface area contributed by atoms with E-state index >= 15 is 0 Å². The van der Waals surface area contributed by atoms with Gasteiger partial charge >= 0.3 is 0 Å². The molecule has 12 heavy (non-hydrogen) atoms. The van der Waals surface area contributed by atoms with Crippen molar-refractivity contribution in [1.29, 1.82) is 0 Å². The molecule has 2 heteroatoms. The Labute approximate surface area is 76.7 Å². The van der Waals surface area contributed by atoms with Crippen molar-refractivity contribution in [2.24, 2.45) is 0 Å². The minimum absolute atomic E-state index is 0.591. The molecular weight excluding hydrogens is 166 g/mol. The van der Waals surface area contributed by atoms with Crippen LogP contribution in [0.4, 0.5) is 5.69 Å². The lowest BCUT2D eigenvalue weighted by molar-refractivity contribution is 0.991. The zero-order chi connectivity index (χ0) is 8.39. The van der Waals surface area contributed by atoms with Crippen LogP contribution in [0, 0.1) is 0 Å². The number of nitrogens with two attached hydrogens (primary N) is 1. The lowest BCUT2D eigenvalue weighted by atomic mass is 10.1. The fourth-order valence-corrected chi connectivity index (χ4v) is 2.30. The Bertz CT molecular complexity index is 298. The number of rotatable bonds is 1. The second-order valence-electron chi connectivity index (χ2n) is 2.90. The van der Waals surface area contributed by atoms with Gasteiger partial charge in [-0.05, 0) is 29.5 Å². The zero-order valence-corrected chi connectivity index (χ0v) is 7.55. The molecule has 0 radical (unpaired) electrons. The summed E-state index contributed by atoms with van der Waals surface area (Å²) in [5.41, 5.74) is 7.90. The normalized spacial score (nSPS) is 21.5. The molecule has 1 aromatic carbocycles. The SMILES string of the molecule is Nc1cccc(C2CC=CS2)c1. The molecule has 1 nitrogen and oxygen atoms in total. The summed E-state index contributed by atoms with van der Waals surface area (Å²) in [6.45, 7) is 0. The summed E-state index contributed by atoms with van der Waals surface area (Å²) in [6, 6.07) is 8.14. The van der Waals surface area contributed by atoms with Crippen LogP contribution in [-0.4, -0.2) is 0 Å². The van der Waals surface area contributed by atoms with Crippen LogP contribution < -0.4 is 5.73 Å². The minimum atomic E-state index is 0.591. The Morgan fingerprint density at radius 3 is 3.00 bits per heavy atom. The first-order valence-corrected chi connectivity index (χ1v) is 4.96. The van der Waals surface area contributed by atoms with Gasteiger partial charge in [-0.1, -0.05) is 18.2 Å². The molecule has 0 saturated heterocycles. The summed E-state index contributed by atoms with van der Waals surface area (Å²) in [7, 11) is 0. The summed E-state index contributed by atoms with van der Waals surface area (Å²) in [6.07, 6.45) is 3.34. The van der Waals surface area contributed by atoms with Crippen molar-refractivity contribution in [3.63, 3.8) is 0 Å². The first-order chi connectivity index (χ1) is 5.86. The van der Waals surface area contributed by atoms with E-state index in [2.05, 4.69) is 23.6 Å². The smallest absolute Gasteiger partial charge is 0.0373 e. The molecule has 0 fully saturated rings. The highest BCUT2D eigenvalue weighted by molar-refractivity contribution is 8.02. The van der Waals surface area contributed by atoms with E-state index in [1.54, 1.807) is 0 Å². The molecule has 1 atom stereocenters. The standard InChI is InChI=1S/C10H11NS/c11-9-4-1-3-8(7-9)10-5-2-6-12-10/h1-4,6-7,10H,5,11H2. The van der Waals surface area contributed by atoms with Gasteiger partial charge in [0, 0.05) is 10.9 Å². The average Bonchev–Trinajstić information content (AvgIpc) is 2.56. The summed E-state index contributed by atoms with van der Waals surface area (Å²) in [5, 5.41) is 2.75. The van der Waals surface area contributed by atoms with Crippen LogP contribution in [0.5, 0.6) is 0 Å². The van der Waals surface area contributed by atoms with E-state index in [4.69, 9.17) is 5.73 Å². The fourth-order valence-electron chi connectivity index (χ4n) is 1.36. The van der Waals surface area contributed by atoms with Crippen LogP contribution in [0.25, 0.3) is 0 Å². The van der Waals surface area contributed by atoms with E-state index in [0.29, 0.717) is 5.25 Å². The van der Waals surface area contributed by atoms with Crippen molar-refractivity contribution in [2.45, 2.75) is 11.7 Å². The third-order valence-electron chi connectivity index (χ3n) is 1.97. The highest BCUT2D eigenvalue weighted by atomic mass is 32.2. The van der Waals surface area contributed by atoms with Gasteiger partial charge in [-0.3, -0.25) is 0 Å². The largest absolute Gasteiger partial charge is 0.399 e. The van der Waals surface area contributed by atoms with Crippen molar-refractivity contribution in [2.75, 3.05) is 5.73 Å². The van der Waals surface area contributed by atoms with Gasteiger partial charge in [0.15, 0.2) is 0 Å². The Hall–Kier alpha value is -0.890. The monoisotopic (exact) mass is 177 g/mol. The summed E-state index contributed by atoms with van der Waals surface area (Å²) >= 11 is 1.87. The molecule has 0 aromatic heterocycles. The number of nitrogen functional groups attached to an aromatic ring is 1. The maximum absolute atomic E-state index is 5.70. The van der Waals surface area contributed by atoms with E-state index < -0.39 is 0 Å². The molecule has 0 spiro atoms. The van der Waals surface area contributed by atoms with Crippen LogP contribution in [0.3, 0.4) is 0 Å². The Morgan fingerprint density at radius 1 is 1.42 bits per heavy atom. The highest BCUT2D eigenvalue weighted by Gasteiger charge is 2.12. The molecular formula is C10H11NS. The minimum Gasteiger partial charge on any atom is -0.399 e. The molecule has 0 amide bonds. The predicted octanol–water partition coefficient (Wildman–Crippen LogP) is 2.96. The van der Waals surface area contributed by atoms with Crippen LogP contribution in [0.1, 0.15) is 17.2 Å². The van der Waals surface area contributed by atoms with Crippen LogP contribution in [0.2, 0.25) is 0 Å². The number of hydrogen-bond acceptors (Lipinski definition) is 2. The van der Waals surface area contributed by atoms with Crippen molar-refractivity contribution in [1.82, 2.24) is 0 Å². The molecule has 0 aliphatic carbocycles. The molecule has 2 rings (SSSR count). The Morgan fingerprint density at radius 2 is 2.33 bits per heavy atom. The summed E-state index contributed by atoms with van der Waals surface area (Å²) in [5.74, 6) is 0. The van der Waals surface area contributed by atoms with Gasteiger partial charge in [0.2, 0.25) is 0 Å². The zero-order valence-electron chi connectivity index (χ0n) is 6.73. The third kappa shape index (κ3) is 1.48. The first kappa shape index (κ1) is 7.74. The van der Waals surface area contributed by atoms with Crippen molar-refractivity contribution >= 4 is 17.4 Å². The quantitative estimate of drug-likeness (QED) is 0.667. The number of benzene rings is 1. The lowest BCUT2D eigenvalue weighted by Gasteiger charge is -2.08.